The lowest BCUT2D eigenvalue weighted by molar-refractivity contribution is 0.0453. The van der Waals surface area contributed by atoms with Gasteiger partial charge in [-0.3, -0.25) is 0 Å². The van der Waals surface area contributed by atoms with Gasteiger partial charge in [0.1, 0.15) is 0 Å². The molecule has 0 spiro atoms. The summed E-state index contributed by atoms with van der Waals surface area (Å²) in [4.78, 5) is 0. The van der Waals surface area contributed by atoms with Crippen molar-refractivity contribution in [3.63, 3.8) is 0 Å². The molecule has 1 aromatic carbocycles. The van der Waals surface area contributed by atoms with Gasteiger partial charge in [-0.2, -0.15) is 0 Å². The van der Waals surface area contributed by atoms with Gasteiger partial charge in [0.2, 0.25) is 0 Å². The quantitative estimate of drug-likeness (QED) is 0.731. The van der Waals surface area contributed by atoms with E-state index in [0.29, 0.717) is 19.8 Å². The minimum absolute atomic E-state index is 0.653. The second kappa shape index (κ2) is 6.98. The third-order valence-corrected chi connectivity index (χ3v) is 2.29. The van der Waals surface area contributed by atoms with Crippen LogP contribution in [0, 0.1) is 0 Å². The van der Waals surface area contributed by atoms with Crippen LogP contribution in [0.25, 0.3) is 0 Å². The van der Waals surface area contributed by atoms with Crippen LogP contribution >= 0.6 is 15.9 Å². The fourth-order valence-corrected chi connectivity index (χ4v) is 1.30. The summed E-state index contributed by atoms with van der Waals surface area (Å²) >= 11 is 3.39. The predicted octanol–water partition coefficient (Wildman–Crippen LogP) is 3.00. The zero-order valence-electron chi connectivity index (χ0n) is 8.33. The van der Waals surface area contributed by atoms with Crippen LogP contribution in [0.15, 0.2) is 28.7 Å². The van der Waals surface area contributed by atoms with E-state index >= 15 is 0 Å². The Labute approximate surface area is 93.4 Å². The van der Waals surface area contributed by atoms with Crippen LogP contribution in [0.1, 0.15) is 12.5 Å². The Bertz CT molecular complexity index is 246. The fraction of sp³-hybridized carbons (Fsp3) is 0.455. The van der Waals surface area contributed by atoms with Crippen LogP contribution in [0.5, 0.6) is 0 Å². The highest BCUT2D eigenvalue weighted by molar-refractivity contribution is 9.10. The molecule has 0 saturated heterocycles. The Morgan fingerprint density at radius 3 is 2.36 bits per heavy atom. The van der Waals surface area contributed by atoms with E-state index in [1.165, 1.54) is 5.56 Å². The molecule has 78 valence electrons. The number of halogens is 1. The van der Waals surface area contributed by atoms with Crippen molar-refractivity contribution in [2.45, 2.75) is 13.5 Å². The van der Waals surface area contributed by atoms with E-state index in [9.17, 15) is 0 Å². The van der Waals surface area contributed by atoms with Gasteiger partial charge in [-0.1, -0.05) is 28.1 Å². The molecule has 0 radical (unpaired) electrons. The Balaban J connectivity index is 2.15. The second-order valence-corrected chi connectivity index (χ2v) is 3.79. The lowest BCUT2D eigenvalue weighted by Gasteiger charge is -2.04. The molecule has 0 aliphatic heterocycles. The van der Waals surface area contributed by atoms with Gasteiger partial charge in [0.05, 0.1) is 19.8 Å². The van der Waals surface area contributed by atoms with Crippen LogP contribution in [0.2, 0.25) is 0 Å². The van der Waals surface area contributed by atoms with Gasteiger partial charge in [-0.05, 0) is 24.6 Å². The highest BCUT2D eigenvalue weighted by Crippen LogP contribution is 2.10. The third kappa shape index (κ3) is 4.74. The van der Waals surface area contributed by atoms with Crippen molar-refractivity contribution >= 4 is 15.9 Å². The Kier molecular flexibility index (Phi) is 5.83. The molecule has 2 nitrogen and oxygen atoms in total. The molecule has 14 heavy (non-hydrogen) atoms. The van der Waals surface area contributed by atoms with E-state index in [2.05, 4.69) is 15.9 Å². The SMILES string of the molecule is CCOCCOCc1ccc(Br)cc1. The van der Waals surface area contributed by atoms with Crippen LogP contribution < -0.4 is 0 Å². The first-order chi connectivity index (χ1) is 6.83. The summed E-state index contributed by atoms with van der Waals surface area (Å²) in [5.41, 5.74) is 1.18. The minimum atomic E-state index is 0.653. The van der Waals surface area contributed by atoms with Crippen molar-refractivity contribution in [1.82, 2.24) is 0 Å². The largest absolute Gasteiger partial charge is 0.379 e. The van der Waals surface area contributed by atoms with Crippen molar-refractivity contribution in [3.05, 3.63) is 34.3 Å². The van der Waals surface area contributed by atoms with E-state index in [-0.39, 0.29) is 0 Å². The molecule has 0 bridgehead atoms. The number of benzene rings is 1. The molecule has 0 amide bonds. The zero-order chi connectivity index (χ0) is 10.2. The topological polar surface area (TPSA) is 18.5 Å². The molecule has 0 aliphatic rings. The standard InChI is InChI=1S/C11H15BrO2/c1-2-13-7-8-14-9-10-3-5-11(12)6-4-10/h3-6H,2,7-9H2,1H3. The lowest BCUT2D eigenvalue weighted by atomic mass is 10.2. The maximum atomic E-state index is 5.42. The van der Waals surface area contributed by atoms with Crippen molar-refractivity contribution in [3.8, 4) is 0 Å². The average Bonchev–Trinajstić information content (AvgIpc) is 2.21. The molecule has 0 saturated carbocycles. The molecule has 0 aliphatic carbocycles. The van der Waals surface area contributed by atoms with Crippen LogP contribution in [0.4, 0.5) is 0 Å². The number of rotatable bonds is 6. The zero-order valence-corrected chi connectivity index (χ0v) is 9.92. The summed E-state index contributed by atoms with van der Waals surface area (Å²) < 4.78 is 11.7. The molecule has 0 N–H and O–H groups in total. The summed E-state index contributed by atoms with van der Waals surface area (Å²) in [7, 11) is 0. The number of hydrogen-bond donors (Lipinski definition) is 0. The second-order valence-electron chi connectivity index (χ2n) is 2.88. The first-order valence-corrected chi connectivity index (χ1v) is 5.52. The van der Waals surface area contributed by atoms with Crippen molar-refractivity contribution < 1.29 is 9.47 Å². The van der Waals surface area contributed by atoms with Gasteiger partial charge in [-0.15, -0.1) is 0 Å². The molecule has 0 unspecified atom stereocenters. The maximum absolute atomic E-state index is 5.42. The molecule has 3 heteroatoms. The van der Waals surface area contributed by atoms with Crippen LogP contribution in [-0.2, 0) is 16.1 Å². The smallest absolute Gasteiger partial charge is 0.0718 e. The molecule has 0 aromatic heterocycles. The first kappa shape index (κ1) is 11.7. The maximum Gasteiger partial charge on any atom is 0.0718 e. The number of hydrogen-bond acceptors (Lipinski definition) is 2. The van der Waals surface area contributed by atoms with E-state index in [1.807, 2.05) is 31.2 Å². The highest BCUT2D eigenvalue weighted by atomic mass is 79.9. The molecular formula is C11H15BrO2. The van der Waals surface area contributed by atoms with E-state index in [4.69, 9.17) is 9.47 Å². The molecule has 0 heterocycles. The molecule has 0 fully saturated rings. The van der Waals surface area contributed by atoms with E-state index in [1.54, 1.807) is 0 Å². The van der Waals surface area contributed by atoms with Gasteiger partial charge in [0.15, 0.2) is 0 Å². The third-order valence-electron chi connectivity index (χ3n) is 1.76. The molecular weight excluding hydrogens is 244 g/mol. The monoisotopic (exact) mass is 258 g/mol. The fourth-order valence-electron chi connectivity index (χ4n) is 1.03. The first-order valence-electron chi connectivity index (χ1n) is 4.73. The van der Waals surface area contributed by atoms with Gasteiger partial charge in [-0.25, -0.2) is 0 Å². The average molecular weight is 259 g/mol. The molecule has 1 rings (SSSR count). The normalized spacial score (nSPS) is 10.4. The summed E-state index contributed by atoms with van der Waals surface area (Å²) in [6.07, 6.45) is 0. The minimum Gasteiger partial charge on any atom is -0.379 e. The Hall–Kier alpha value is -0.380. The summed E-state index contributed by atoms with van der Waals surface area (Å²) in [6, 6.07) is 8.12. The Morgan fingerprint density at radius 2 is 1.71 bits per heavy atom. The van der Waals surface area contributed by atoms with Crippen molar-refractivity contribution in [1.29, 1.82) is 0 Å². The van der Waals surface area contributed by atoms with Crippen molar-refractivity contribution in [2.24, 2.45) is 0 Å². The Morgan fingerprint density at radius 1 is 1.07 bits per heavy atom. The lowest BCUT2D eigenvalue weighted by Crippen LogP contribution is -2.03. The molecule has 0 atom stereocenters. The van der Waals surface area contributed by atoms with Gasteiger partial charge in [0.25, 0.3) is 0 Å². The highest BCUT2D eigenvalue weighted by Gasteiger charge is 1.93. The predicted molar refractivity (Wildman–Crippen MR) is 60.3 cm³/mol. The summed E-state index contributed by atoms with van der Waals surface area (Å²) in [6.45, 7) is 4.72. The van der Waals surface area contributed by atoms with Crippen molar-refractivity contribution in [2.75, 3.05) is 19.8 Å². The molecule has 1 aromatic rings. The summed E-state index contributed by atoms with van der Waals surface area (Å²) in [5.74, 6) is 0. The van der Waals surface area contributed by atoms with E-state index in [0.717, 1.165) is 11.1 Å². The van der Waals surface area contributed by atoms with Crippen LogP contribution in [-0.4, -0.2) is 19.8 Å². The summed E-state index contributed by atoms with van der Waals surface area (Å²) in [5, 5.41) is 0. The van der Waals surface area contributed by atoms with Gasteiger partial charge >= 0.3 is 0 Å². The van der Waals surface area contributed by atoms with Crippen LogP contribution in [0.3, 0.4) is 0 Å². The van der Waals surface area contributed by atoms with Gasteiger partial charge < -0.3 is 9.47 Å². The van der Waals surface area contributed by atoms with Gasteiger partial charge in [0, 0.05) is 11.1 Å². The number of ether oxygens (including phenoxy) is 2. The van der Waals surface area contributed by atoms with E-state index < -0.39 is 0 Å².